The molecule has 2 aromatic carbocycles. The van der Waals surface area contributed by atoms with Crippen molar-refractivity contribution in [1.82, 2.24) is 0 Å². The molecule has 0 aliphatic rings. The van der Waals surface area contributed by atoms with Crippen LogP contribution >= 0.6 is 15.9 Å². The second-order valence-electron chi connectivity index (χ2n) is 6.44. The fourth-order valence-electron chi connectivity index (χ4n) is 2.43. The molecule has 2 N–H and O–H groups in total. The maximum Gasteiger partial charge on any atom is 0.306 e. The quantitative estimate of drug-likeness (QED) is 0.590. The summed E-state index contributed by atoms with van der Waals surface area (Å²) in [6, 6.07) is 12.9. The second-order valence-corrected chi connectivity index (χ2v) is 7.35. The lowest BCUT2D eigenvalue weighted by molar-refractivity contribution is -0.147. The maximum atomic E-state index is 12.0. The van der Waals surface area contributed by atoms with Crippen LogP contribution in [0, 0.1) is 13.8 Å². The molecule has 2 rings (SSSR count). The van der Waals surface area contributed by atoms with Crippen LogP contribution in [-0.4, -0.2) is 24.4 Å². The number of halogens is 1. The summed E-state index contributed by atoms with van der Waals surface area (Å²) in [4.78, 5) is 35.5. The topological polar surface area (TPSA) is 84.5 Å². The molecule has 0 bridgehead atoms. The lowest BCUT2D eigenvalue weighted by Gasteiger charge is -2.09. The Kier molecular flexibility index (Phi) is 8.19. The molecule has 148 valence electrons. The number of ether oxygens (including phenoxy) is 1. The van der Waals surface area contributed by atoms with Crippen molar-refractivity contribution in [1.29, 1.82) is 0 Å². The van der Waals surface area contributed by atoms with E-state index in [1.165, 1.54) is 0 Å². The van der Waals surface area contributed by atoms with Crippen molar-refractivity contribution in [3.63, 3.8) is 0 Å². The smallest absolute Gasteiger partial charge is 0.306 e. The first kappa shape index (κ1) is 21.6. The van der Waals surface area contributed by atoms with Crippen LogP contribution in [0.4, 0.5) is 11.4 Å². The number of rotatable bonds is 8. The van der Waals surface area contributed by atoms with E-state index in [1.54, 1.807) is 24.3 Å². The van der Waals surface area contributed by atoms with Gasteiger partial charge in [-0.2, -0.15) is 0 Å². The summed E-state index contributed by atoms with van der Waals surface area (Å²) in [5.74, 6) is -1.08. The molecule has 2 amide bonds. The molecule has 2 aromatic rings. The SMILES string of the molecule is Cc1ccc(C)c(NC(=O)CCCC(=O)OCC(=O)Nc2ccc(Br)cc2)c1. The number of carbonyl (C=O) groups is 3. The van der Waals surface area contributed by atoms with Gasteiger partial charge in [-0.05, 0) is 61.7 Å². The highest BCUT2D eigenvalue weighted by Crippen LogP contribution is 2.17. The van der Waals surface area contributed by atoms with Crippen molar-refractivity contribution in [3.8, 4) is 0 Å². The number of carbonyl (C=O) groups excluding carboxylic acids is 3. The molecule has 0 atom stereocenters. The van der Waals surface area contributed by atoms with Gasteiger partial charge in [-0.1, -0.05) is 28.1 Å². The number of benzene rings is 2. The number of hydrogen-bond donors (Lipinski definition) is 2. The standard InChI is InChI=1S/C21H23BrN2O4/c1-14-6-7-15(2)18(12-14)24-19(25)4-3-5-21(27)28-13-20(26)23-17-10-8-16(22)9-11-17/h6-12H,3-5,13H2,1-2H3,(H,23,26)(H,24,25). The molecule has 0 spiro atoms. The van der Waals surface area contributed by atoms with Gasteiger partial charge in [-0.3, -0.25) is 14.4 Å². The fraction of sp³-hybridized carbons (Fsp3) is 0.286. The van der Waals surface area contributed by atoms with E-state index < -0.39 is 11.9 Å². The highest BCUT2D eigenvalue weighted by atomic mass is 79.9. The Morgan fingerprint density at radius 2 is 1.64 bits per heavy atom. The molecule has 0 saturated carbocycles. The van der Waals surface area contributed by atoms with Crippen molar-refractivity contribution >= 4 is 45.1 Å². The van der Waals surface area contributed by atoms with Gasteiger partial charge in [-0.15, -0.1) is 0 Å². The monoisotopic (exact) mass is 446 g/mol. The number of esters is 1. The highest BCUT2D eigenvalue weighted by Gasteiger charge is 2.10. The Morgan fingerprint density at radius 3 is 2.36 bits per heavy atom. The lowest BCUT2D eigenvalue weighted by atomic mass is 10.1. The van der Waals surface area contributed by atoms with Crippen LogP contribution in [0.5, 0.6) is 0 Å². The van der Waals surface area contributed by atoms with E-state index in [0.29, 0.717) is 12.1 Å². The first-order chi connectivity index (χ1) is 13.3. The van der Waals surface area contributed by atoms with Gasteiger partial charge in [-0.25, -0.2) is 0 Å². The zero-order valence-electron chi connectivity index (χ0n) is 15.9. The number of amides is 2. The van der Waals surface area contributed by atoms with Crippen LogP contribution in [0.2, 0.25) is 0 Å². The van der Waals surface area contributed by atoms with E-state index in [2.05, 4.69) is 26.6 Å². The van der Waals surface area contributed by atoms with E-state index in [9.17, 15) is 14.4 Å². The Morgan fingerprint density at radius 1 is 0.929 bits per heavy atom. The van der Waals surface area contributed by atoms with Crippen LogP contribution in [0.1, 0.15) is 30.4 Å². The first-order valence-corrected chi connectivity index (χ1v) is 9.71. The third-order valence-electron chi connectivity index (χ3n) is 3.94. The van der Waals surface area contributed by atoms with Crippen molar-refractivity contribution < 1.29 is 19.1 Å². The van der Waals surface area contributed by atoms with Gasteiger partial charge >= 0.3 is 5.97 Å². The van der Waals surface area contributed by atoms with Crippen molar-refractivity contribution in [2.24, 2.45) is 0 Å². The van der Waals surface area contributed by atoms with E-state index >= 15 is 0 Å². The van der Waals surface area contributed by atoms with Gasteiger partial charge in [0.2, 0.25) is 5.91 Å². The molecular weight excluding hydrogens is 424 g/mol. The van der Waals surface area contributed by atoms with Gasteiger partial charge < -0.3 is 15.4 Å². The van der Waals surface area contributed by atoms with Crippen LogP contribution in [0.15, 0.2) is 46.9 Å². The zero-order chi connectivity index (χ0) is 20.5. The number of hydrogen-bond acceptors (Lipinski definition) is 4. The van der Waals surface area contributed by atoms with Crippen molar-refractivity contribution in [3.05, 3.63) is 58.1 Å². The molecule has 0 saturated heterocycles. The van der Waals surface area contributed by atoms with Gasteiger partial charge in [0.05, 0.1) is 0 Å². The summed E-state index contributed by atoms with van der Waals surface area (Å²) < 4.78 is 5.84. The van der Waals surface area contributed by atoms with Gasteiger partial charge in [0, 0.05) is 28.7 Å². The highest BCUT2D eigenvalue weighted by molar-refractivity contribution is 9.10. The van der Waals surface area contributed by atoms with Crippen LogP contribution < -0.4 is 10.6 Å². The van der Waals surface area contributed by atoms with Crippen LogP contribution in [0.3, 0.4) is 0 Å². The number of aryl methyl sites for hydroxylation is 2. The number of nitrogens with one attached hydrogen (secondary N) is 2. The summed E-state index contributed by atoms with van der Waals surface area (Å²) in [7, 11) is 0. The molecule has 6 nitrogen and oxygen atoms in total. The number of anilines is 2. The van der Waals surface area contributed by atoms with Gasteiger partial charge in [0.25, 0.3) is 5.91 Å². The van der Waals surface area contributed by atoms with Crippen LogP contribution in [0.25, 0.3) is 0 Å². The van der Waals surface area contributed by atoms with E-state index in [4.69, 9.17) is 4.74 Å². The summed E-state index contributed by atoms with van der Waals surface area (Å²) in [5, 5.41) is 5.48. The lowest BCUT2D eigenvalue weighted by Crippen LogP contribution is -2.21. The molecule has 0 radical (unpaired) electrons. The van der Waals surface area contributed by atoms with Gasteiger partial charge in [0.15, 0.2) is 6.61 Å². The predicted octanol–water partition coefficient (Wildman–Crippen LogP) is 4.36. The van der Waals surface area contributed by atoms with E-state index in [0.717, 1.165) is 21.3 Å². The Balaban J connectivity index is 1.65. The average molecular weight is 447 g/mol. The largest absolute Gasteiger partial charge is 0.456 e. The molecular formula is C21H23BrN2O4. The molecule has 28 heavy (non-hydrogen) atoms. The third kappa shape index (κ3) is 7.52. The Bertz CT molecular complexity index is 850. The maximum absolute atomic E-state index is 12.0. The van der Waals surface area contributed by atoms with Crippen molar-refractivity contribution in [2.45, 2.75) is 33.1 Å². The fourth-order valence-corrected chi connectivity index (χ4v) is 2.69. The molecule has 7 heteroatoms. The average Bonchev–Trinajstić information content (AvgIpc) is 2.65. The minimum atomic E-state index is -0.509. The molecule has 0 fully saturated rings. The molecule has 0 heterocycles. The molecule has 0 aromatic heterocycles. The summed E-state index contributed by atoms with van der Waals surface area (Å²) in [6.07, 6.45) is 0.628. The van der Waals surface area contributed by atoms with Gasteiger partial charge in [0.1, 0.15) is 0 Å². The molecule has 0 unspecified atom stereocenters. The molecule has 0 aliphatic carbocycles. The second kappa shape index (κ2) is 10.6. The minimum absolute atomic E-state index is 0.0752. The first-order valence-electron chi connectivity index (χ1n) is 8.91. The van der Waals surface area contributed by atoms with E-state index in [-0.39, 0.29) is 25.4 Å². The summed E-state index contributed by atoms with van der Waals surface area (Å²) >= 11 is 3.31. The third-order valence-corrected chi connectivity index (χ3v) is 4.47. The van der Waals surface area contributed by atoms with Crippen LogP contribution in [-0.2, 0) is 19.1 Å². The normalized spacial score (nSPS) is 10.2. The summed E-state index contributed by atoms with van der Waals surface area (Å²) in [6.45, 7) is 3.52. The van der Waals surface area contributed by atoms with Crippen molar-refractivity contribution in [2.75, 3.05) is 17.2 Å². The Labute approximate surface area is 172 Å². The minimum Gasteiger partial charge on any atom is -0.456 e. The summed E-state index contributed by atoms with van der Waals surface area (Å²) in [5.41, 5.74) is 3.44. The molecule has 0 aliphatic heterocycles. The predicted molar refractivity (Wildman–Crippen MR) is 112 cm³/mol. The zero-order valence-corrected chi connectivity index (χ0v) is 17.5. The van der Waals surface area contributed by atoms with E-state index in [1.807, 2.05) is 32.0 Å². The Hall–Kier alpha value is -2.67.